The molecular formula is C21H21ClF3N5O3S. The highest BCUT2D eigenvalue weighted by molar-refractivity contribution is 7.89. The van der Waals surface area contributed by atoms with Gasteiger partial charge >= 0.3 is 6.18 Å². The third-order valence-corrected chi connectivity index (χ3v) is 6.40. The molecule has 0 aliphatic carbocycles. The first-order valence-corrected chi connectivity index (χ1v) is 11.7. The molecule has 34 heavy (non-hydrogen) atoms. The molecule has 0 spiro atoms. The second kappa shape index (κ2) is 10.1. The summed E-state index contributed by atoms with van der Waals surface area (Å²) in [5, 5.41) is 6.13. The van der Waals surface area contributed by atoms with Crippen molar-refractivity contribution in [3.05, 3.63) is 72.0 Å². The van der Waals surface area contributed by atoms with E-state index in [0.29, 0.717) is 16.5 Å². The van der Waals surface area contributed by atoms with Crippen molar-refractivity contribution >= 4 is 38.9 Å². The van der Waals surface area contributed by atoms with Gasteiger partial charge in [-0.2, -0.15) is 13.2 Å². The number of aromatic nitrogens is 2. The lowest BCUT2D eigenvalue weighted by molar-refractivity contribution is -0.284. The van der Waals surface area contributed by atoms with Crippen LogP contribution in [0.1, 0.15) is 13.8 Å². The van der Waals surface area contributed by atoms with E-state index < -0.39 is 27.8 Å². The predicted octanol–water partition coefficient (Wildman–Crippen LogP) is 4.91. The Morgan fingerprint density at radius 1 is 1.00 bits per heavy atom. The smallest absolute Gasteiger partial charge is 0.364 e. The van der Waals surface area contributed by atoms with E-state index in [1.54, 1.807) is 35.2 Å². The van der Waals surface area contributed by atoms with Crippen LogP contribution in [0.2, 0.25) is 5.02 Å². The van der Waals surface area contributed by atoms with Gasteiger partial charge in [-0.25, -0.2) is 18.4 Å². The summed E-state index contributed by atoms with van der Waals surface area (Å²) in [6.07, 6.45) is -3.78. The lowest BCUT2D eigenvalue weighted by atomic mass is 9.97. The number of nitrogens with zero attached hydrogens (tertiary/aromatic N) is 2. The van der Waals surface area contributed by atoms with Crippen molar-refractivity contribution in [3.8, 4) is 0 Å². The SMILES string of the molecule is CC(Nc1cc(Nc2ccc(Cl)cc2)ncn1)C(C)(ONS(=O)(=O)c1ccccc1)C(F)(F)F. The molecule has 0 radical (unpaired) electrons. The molecule has 182 valence electrons. The summed E-state index contributed by atoms with van der Waals surface area (Å²) in [5.41, 5.74) is -2.30. The number of halogens is 4. The summed E-state index contributed by atoms with van der Waals surface area (Å²) in [7, 11) is -4.35. The Hall–Kier alpha value is -2.93. The van der Waals surface area contributed by atoms with E-state index in [4.69, 9.17) is 16.4 Å². The molecule has 2 aromatic carbocycles. The van der Waals surface area contributed by atoms with Gasteiger partial charge in [-0.15, -0.1) is 0 Å². The van der Waals surface area contributed by atoms with Gasteiger partial charge in [0.05, 0.1) is 10.9 Å². The average Bonchev–Trinajstić information content (AvgIpc) is 2.79. The van der Waals surface area contributed by atoms with E-state index in [2.05, 4.69) is 20.6 Å². The number of hydrogen-bond donors (Lipinski definition) is 3. The molecule has 1 aromatic heterocycles. The molecule has 0 bridgehead atoms. The predicted molar refractivity (Wildman–Crippen MR) is 122 cm³/mol. The van der Waals surface area contributed by atoms with Crippen LogP contribution in [-0.2, 0) is 14.9 Å². The van der Waals surface area contributed by atoms with Crippen LogP contribution in [0, 0.1) is 0 Å². The number of alkyl halides is 3. The minimum absolute atomic E-state index is 0.0592. The van der Waals surface area contributed by atoms with Crippen molar-refractivity contribution in [2.24, 2.45) is 0 Å². The summed E-state index contributed by atoms with van der Waals surface area (Å²) in [4.78, 5) is 14.1. The normalized spacial score (nSPS) is 14.8. The minimum Gasteiger partial charge on any atom is -0.364 e. The highest BCUT2D eigenvalue weighted by Crippen LogP contribution is 2.37. The highest BCUT2D eigenvalue weighted by atomic mass is 35.5. The molecule has 3 rings (SSSR count). The molecule has 0 amide bonds. The van der Waals surface area contributed by atoms with Crippen molar-refractivity contribution in [1.82, 2.24) is 14.9 Å². The summed E-state index contributed by atoms with van der Waals surface area (Å²) in [6.45, 7) is 1.92. The van der Waals surface area contributed by atoms with Gasteiger partial charge in [0.25, 0.3) is 10.0 Å². The van der Waals surface area contributed by atoms with Crippen LogP contribution in [0.4, 0.5) is 30.5 Å². The van der Waals surface area contributed by atoms with E-state index in [9.17, 15) is 21.6 Å². The molecule has 3 N–H and O–H groups in total. The van der Waals surface area contributed by atoms with Gasteiger partial charge in [0.2, 0.25) is 5.60 Å². The summed E-state index contributed by atoms with van der Waals surface area (Å²) >= 11 is 5.86. The molecule has 0 aliphatic rings. The van der Waals surface area contributed by atoms with E-state index in [0.717, 1.165) is 13.3 Å². The van der Waals surface area contributed by atoms with Crippen molar-refractivity contribution in [3.63, 3.8) is 0 Å². The fraction of sp³-hybridized carbons (Fsp3) is 0.238. The Kier molecular flexibility index (Phi) is 7.66. The van der Waals surface area contributed by atoms with E-state index in [1.165, 1.54) is 37.3 Å². The number of anilines is 3. The first kappa shape index (κ1) is 25.7. The largest absolute Gasteiger partial charge is 0.421 e. The van der Waals surface area contributed by atoms with Crippen LogP contribution < -0.4 is 15.5 Å². The van der Waals surface area contributed by atoms with Crippen molar-refractivity contribution in [1.29, 1.82) is 0 Å². The van der Waals surface area contributed by atoms with Crippen LogP contribution in [0.15, 0.2) is 71.9 Å². The molecule has 0 saturated heterocycles. The van der Waals surface area contributed by atoms with Gasteiger partial charge in [0, 0.05) is 16.8 Å². The zero-order chi connectivity index (χ0) is 25.0. The molecule has 2 atom stereocenters. The van der Waals surface area contributed by atoms with Gasteiger partial charge in [0.1, 0.15) is 18.0 Å². The Balaban J connectivity index is 1.76. The second-order valence-corrected chi connectivity index (χ2v) is 9.47. The molecule has 1 heterocycles. The Morgan fingerprint density at radius 2 is 1.62 bits per heavy atom. The maximum absolute atomic E-state index is 14.0. The number of sulfonamides is 1. The maximum Gasteiger partial charge on any atom is 0.421 e. The summed E-state index contributed by atoms with van der Waals surface area (Å²) < 4.78 is 66.7. The van der Waals surface area contributed by atoms with Crippen molar-refractivity contribution < 1.29 is 26.4 Å². The van der Waals surface area contributed by atoms with Gasteiger partial charge in [-0.05, 0) is 50.2 Å². The number of hydrogen-bond acceptors (Lipinski definition) is 7. The van der Waals surface area contributed by atoms with Crippen LogP contribution in [0.25, 0.3) is 0 Å². The quantitative estimate of drug-likeness (QED) is 0.348. The first-order valence-electron chi connectivity index (χ1n) is 9.83. The van der Waals surface area contributed by atoms with Crippen LogP contribution in [0.3, 0.4) is 0 Å². The summed E-state index contributed by atoms with van der Waals surface area (Å²) in [6, 6.07) is 13.6. The van der Waals surface area contributed by atoms with Crippen molar-refractivity contribution in [2.45, 2.75) is 36.6 Å². The third kappa shape index (κ3) is 6.14. The molecule has 2 unspecified atom stereocenters. The van der Waals surface area contributed by atoms with Gasteiger partial charge in [-0.1, -0.05) is 34.7 Å². The number of benzene rings is 2. The molecule has 0 aliphatic heterocycles. The van der Waals surface area contributed by atoms with Crippen LogP contribution in [0.5, 0.6) is 0 Å². The van der Waals surface area contributed by atoms with E-state index in [-0.39, 0.29) is 10.7 Å². The molecule has 0 fully saturated rings. The highest BCUT2D eigenvalue weighted by Gasteiger charge is 2.57. The standard InChI is InChI=1S/C21H21ClF3N5O3S/c1-14(28-18-12-19(27-13-26-18)29-16-10-8-15(22)9-11-16)20(2,21(23,24)25)33-30-34(31,32)17-6-4-3-5-7-17/h3-14,30H,1-2H3,(H2,26,27,28,29). The van der Waals surface area contributed by atoms with Crippen LogP contribution >= 0.6 is 11.6 Å². The van der Waals surface area contributed by atoms with Crippen molar-refractivity contribution in [2.75, 3.05) is 10.6 Å². The Bertz CT molecular complexity index is 1210. The molecule has 8 nitrogen and oxygen atoms in total. The molecule has 3 aromatic rings. The maximum atomic E-state index is 14.0. The lowest BCUT2D eigenvalue weighted by Gasteiger charge is -2.36. The Labute approximate surface area is 199 Å². The first-order chi connectivity index (χ1) is 15.9. The monoisotopic (exact) mass is 515 g/mol. The molecule has 0 saturated carbocycles. The van der Waals surface area contributed by atoms with E-state index in [1.807, 2.05) is 0 Å². The minimum atomic E-state index is -4.95. The van der Waals surface area contributed by atoms with Gasteiger partial charge < -0.3 is 10.6 Å². The fourth-order valence-corrected chi connectivity index (χ4v) is 3.75. The number of nitrogens with one attached hydrogen (secondary N) is 3. The topological polar surface area (TPSA) is 105 Å². The fourth-order valence-electron chi connectivity index (χ4n) is 2.73. The average molecular weight is 516 g/mol. The molecular weight excluding hydrogens is 495 g/mol. The lowest BCUT2D eigenvalue weighted by Crippen LogP contribution is -2.58. The number of rotatable bonds is 9. The van der Waals surface area contributed by atoms with Gasteiger partial charge in [-0.3, -0.25) is 4.84 Å². The molecule has 13 heteroatoms. The van der Waals surface area contributed by atoms with Gasteiger partial charge in [0.15, 0.2) is 0 Å². The summed E-state index contributed by atoms with van der Waals surface area (Å²) in [5.74, 6) is 0.371. The second-order valence-electron chi connectivity index (χ2n) is 7.39. The zero-order valence-corrected chi connectivity index (χ0v) is 19.5. The van der Waals surface area contributed by atoms with E-state index >= 15 is 0 Å². The Morgan fingerprint density at radius 3 is 2.24 bits per heavy atom. The third-order valence-electron chi connectivity index (χ3n) is 4.95. The zero-order valence-electron chi connectivity index (χ0n) is 18.0. The van der Waals surface area contributed by atoms with Crippen LogP contribution in [-0.4, -0.2) is 36.2 Å².